The van der Waals surface area contributed by atoms with Crippen molar-refractivity contribution in [1.82, 2.24) is 5.23 Å². The van der Waals surface area contributed by atoms with Gasteiger partial charge in [0, 0.05) is 0 Å². The first-order valence-electron chi connectivity index (χ1n) is 2.47. The fourth-order valence-corrected chi connectivity index (χ4v) is 0.322. The molecule has 9 heavy (non-hydrogen) atoms. The lowest BCUT2D eigenvalue weighted by atomic mass is 10.7. The molecule has 0 aromatic rings. The van der Waals surface area contributed by atoms with Crippen molar-refractivity contribution >= 4 is 5.97 Å². The van der Waals surface area contributed by atoms with Crippen LogP contribution in [0.3, 0.4) is 0 Å². The van der Waals surface area contributed by atoms with Gasteiger partial charge in [-0.05, 0) is 6.92 Å². The number of hydrogen-bond acceptors (Lipinski definition) is 5. The van der Waals surface area contributed by atoms with E-state index in [9.17, 15) is 4.79 Å². The molecule has 0 radical (unpaired) electrons. The Morgan fingerprint density at radius 3 is 2.56 bits per heavy atom. The highest BCUT2D eigenvalue weighted by molar-refractivity contribution is 5.71. The van der Waals surface area contributed by atoms with E-state index >= 15 is 0 Å². The van der Waals surface area contributed by atoms with Crippen LogP contribution in [-0.2, 0) is 9.53 Å². The van der Waals surface area contributed by atoms with E-state index < -0.39 is 12.5 Å². The van der Waals surface area contributed by atoms with Crippen molar-refractivity contribution in [2.45, 2.75) is 6.92 Å². The molecule has 0 saturated carbocycles. The van der Waals surface area contributed by atoms with E-state index in [1.165, 1.54) is 0 Å². The number of carbonyl (C=O) groups is 1. The Balaban J connectivity index is 3.27. The standard InChI is InChI=1S/C4H9NO4/c1-2-9-4(6)3-5(7)8/h7-8H,2-3H2,1H3. The molecule has 2 N–H and O–H groups in total. The molecular weight excluding hydrogens is 126 g/mol. The SMILES string of the molecule is CCOC(=O)CN(O)O. The molecule has 0 saturated heterocycles. The highest BCUT2D eigenvalue weighted by atomic mass is 16.8. The van der Waals surface area contributed by atoms with Crippen LogP contribution in [0.4, 0.5) is 0 Å². The van der Waals surface area contributed by atoms with Gasteiger partial charge in [0.1, 0.15) is 6.54 Å². The van der Waals surface area contributed by atoms with E-state index in [1.54, 1.807) is 6.92 Å². The third-order valence-corrected chi connectivity index (χ3v) is 0.576. The summed E-state index contributed by atoms with van der Waals surface area (Å²) in [4.78, 5) is 10.3. The van der Waals surface area contributed by atoms with Crippen LogP contribution in [0.15, 0.2) is 0 Å². The second kappa shape index (κ2) is 4.25. The maximum atomic E-state index is 10.3. The fourth-order valence-electron chi connectivity index (χ4n) is 0.322. The highest BCUT2D eigenvalue weighted by Gasteiger charge is 2.04. The molecule has 0 amide bonds. The Labute approximate surface area is 52.4 Å². The summed E-state index contributed by atoms with van der Waals surface area (Å²) in [6.07, 6.45) is 0. The lowest BCUT2D eigenvalue weighted by Crippen LogP contribution is -2.24. The first kappa shape index (κ1) is 8.35. The number of nitrogens with zero attached hydrogens (tertiary/aromatic N) is 1. The molecule has 0 aliphatic heterocycles. The van der Waals surface area contributed by atoms with Gasteiger partial charge in [0.25, 0.3) is 0 Å². The normalized spacial score (nSPS) is 9.78. The van der Waals surface area contributed by atoms with Crippen LogP contribution in [0.25, 0.3) is 0 Å². The van der Waals surface area contributed by atoms with Gasteiger partial charge in [0.15, 0.2) is 0 Å². The minimum atomic E-state index is -0.664. The quantitative estimate of drug-likeness (QED) is 0.408. The molecule has 5 nitrogen and oxygen atoms in total. The molecule has 0 atom stereocenters. The van der Waals surface area contributed by atoms with Crippen LogP contribution >= 0.6 is 0 Å². The maximum Gasteiger partial charge on any atom is 0.325 e. The summed E-state index contributed by atoms with van der Waals surface area (Å²) in [6.45, 7) is 1.36. The van der Waals surface area contributed by atoms with E-state index in [4.69, 9.17) is 10.4 Å². The Morgan fingerprint density at radius 2 is 2.22 bits per heavy atom. The Kier molecular flexibility index (Phi) is 3.94. The Morgan fingerprint density at radius 1 is 1.67 bits per heavy atom. The third-order valence-electron chi connectivity index (χ3n) is 0.576. The average Bonchev–Trinajstić information content (AvgIpc) is 1.63. The van der Waals surface area contributed by atoms with Gasteiger partial charge in [-0.1, -0.05) is 5.23 Å². The van der Waals surface area contributed by atoms with Crippen LogP contribution in [0.1, 0.15) is 6.92 Å². The number of hydroxylamine groups is 2. The summed E-state index contributed by atoms with van der Waals surface area (Å²) in [5.74, 6) is -0.664. The molecule has 0 bridgehead atoms. The van der Waals surface area contributed by atoms with Crippen LogP contribution in [0.2, 0.25) is 0 Å². The van der Waals surface area contributed by atoms with Gasteiger partial charge in [0.05, 0.1) is 6.61 Å². The minimum Gasteiger partial charge on any atom is -0.465 e. The number of hydrogen-bond donors (Lipinski definition) is 2. The van der Waals surface area contributed by atoms with Crippen molar-refractivity contribution in [1.29, 1.82) is 0 Å². The largest absolute Gasteiger partial charge is 0.465 e. The monoisotopic (exact) mass is 135 g/mol. The summed E-state index contributed by atoms with van der Waals surface area (Å²) in [5.41, 5.74) is 0. The lowest BCUT2D eigenvalue weighted by Gasteiger charge is -2.03. The number of rotatable bonds is 3. The third kappa shape index (κ3) is 5.22. The van der Waals surface area contributed by atoms with Crippen molar-refractivity contribution in [2.75, 3.05) is 13.2 Å². The van der Waals surface area contributed by atoms with Gasteiger partial charge in [-0.25, -0.2) is 0 Å². The van der Waals surface area contributed by atoms with Gasteiger partial charge < -0.3 is 4.74 Å². The van der Waals surface area contributed by atoms with Gasteiger partial charge in [-0.2, -0.15) is 0 Å². The number of esters is 1. The molecule has 0 unspecified atom stereocenters. The van der Waals surface area contributed by atoms with Gasteiger partial charge >= 0.3 is 5.97 Å². The summed E-state index contributed by atoms with van der Waals surface area (Å²) in [5, 5.41) is 15.9. The zero-order valence-corrected chi connectivity index (χ0v) is 5.07. The summed E-state index contributed by atoms with van der Waals surface area (Å²) >= 11 is 0. The van der Waals surface area contributed by atoms with Crippen molar-refractivity contribution in [3.05, 3.63) is 0 Å². The second-order valence-electron chi connectivity index (χ2n) is 1.34. The van der Waals surface area contributed by atoms with Crippen molar-refractivity contribution in [2.24, 2.45) is 0 Å². The van der Waals surface area contributed by atoms with E-state index in [0.717, 1.165) is 0 Å². The molecule has 0 aliphatic carbocycles. The predicted octanol–water partition coefficient (Wildman–Crippen LogP) is -0.370. The van der Waals surface area contributed by atoms with E-state index in [1.807, 2.05) is 0 Å². The molecule has 0 heterocycles. The minimum absolute atomic E-state index is 0.224. The zero-order chi connectivity index (χ0) is 7.28. The van der Waals surface area contributed by atoms with Crippen molar-refractivity contribution < 1.29 is 19.9 Å². The molecule has 0 aromatic heterocycles. The number of carbonyl (C=O) groups excluding carboxylic acids is 1. The molecule has 54 valence electrons. The topological polar surface area (TPSA) is 70.0 Å². The van der Waals surface area contributed by atoms with Crippen molar-refractivity contribution in [3.63, 3.8) is 0 Å². The molecule has 0 rings (SSSR count). The first-order chi connectivity index (χ1) is 4.16. The summed E-state index contributed by atoms with van der Waals surface area (Å²) in [6, 6.07) is 0. The molecular formula is C4H9NO4. The van der Waals surface area contributed by atoms with Crippen LogP contribution in [0.5, 0.6) is 0 Å². The van der Waals surface area contributed by atoms with Gasteiger partial charge in [0.2, 0.25) is 0 Å². The Bertz CT molecular complexity index is 92.6. The predicted molar refractivity (Wildman–Crippen MR) is 26.9 cm³/mol. The maximum absolute atomic E-state index is 10.3. The molecule has 5 heteroatoms. The Hall–Kier alpha value is -0.650. The zero-order valence-electron chi connectivity index (χ0n) is 5.07. The van der Waals surface area contributed by atoms with E-state index in [2.05, 4.69) is 4.74 Å². The van der Waals surface area contributed by atoms with Gasteiger partial charge in [-0.3, -0.25) is 15.2 Å². The highest BCUT2D eigenvalue weighted by Crippen LogP contribution is 1.79. The summed E-state index contributed by atoms with van der Waals surface area (Å²) in [7, 11) is 0. The molecule has 0 fully saturated rings. The molecule has 0 spiro atoms. The van der Waals surface area contributed by atoms with E-state index in [-0.39, 0.29) is 11.8 Å². The first-order valence-corrected chi connectivity index (χ1v) is 2.47. The lowest BCUT2D eigenvalue weighted by molar-refractivity contribution is -0.304. The fraction of sp³-hybridized carbons (Fsp3) is 0.750. The smallest absolute Gasteiger partial charge is 0.325 e. The van der Waals surface area contributed by atoms with Crippen LogP contribution in [0, 0.1) is 0 Å². The molecule has 0 aromatic carbocycles. The van der Waals surface area contributed by atoms with Crippen molar-refractivity contribution in [3.8, 4) is 0 Å². The van der Waals surface area contributed by atoms with Crippen LogP contribution < -0.4 is 0 Å². The molecule has 0 aliphatic rings. The second-order valence-corrected chi connectivity index (χ2v) is 1.34. The average molecular weight is 135 g/mol. The summed E-state index contributed by atoms with van der Waals surface area (Å²) < 4.78 is 4.35. The van der Waals surface area contributed by atoms with E-state index in [0.29, 0.717) is 0 Å². The van der Waals surface area contributed by atoms with Gasteiger partial charge in [-0.15, -0.1) is 0 Å². The van der Waals surface area contributed by atoms with Crippen LogP contribution in [-0.4, -0.2) is 34.8 Å². The number of ether oxygens (including phenoxy) is 1.